The summed E-state index contributed by atoms with van der Waals surface area (Å²) in [6, 6.07) is 1.45. The Morgan fingerprint density at radius 2 is 1.65 bits per heavy atom. The van der Waals surface area contributed by atoms with E-state index in [-0.39, 0.29) is 0 Å². The van der Waals surface area contributed by atoms with Gasteiger partial charge in [0.15, 0.2) is 0 Å². The molecule has 1 aromatic carbocycles. The van der Waals surface area contributed by atoms with E-state index < -0.39 is 34.3 Å². The summed E-state index contributed by atoms with van der Waals surface area (Å²) in [6.07, 6.45) is -6.01. The number of carbonyl (C=O) groups excluding carboxylic acids is 1. The van der Waals surface area contributed by atoms with Gasteiger partial charge in [0.05, 0.1) is 5.02 Å². The fraction of sp³-hybridized carbons (Fsp3) is 0.222. The van der Waals surface area contributed by atoms with E-state index in [2.05, 4.69) is 0 Å². The lowest BCUT2D eigenvalue weighted by atomic mass is 10.1. The van der Waals surface area contributed by atoms with Crippen molar-refractivity contribution in [3.05, 3.63) is 34.6 Å². The molecule has 0 spiro atoms. The van der Waals surface area contributed by atoms with Gasteiger partial charge in [-0.3, -0.25) is 4.79 Å². The molecule has 0 aliphatic carbocycles. The minimum absolute atomic E-state index is 0.416. The SMILES string of the molecule is O=C(c1ccc(F)c(Cl)c1)C(F)(F)C(F)(F)F. The number of rotatable bonds is 2. The number of halogens is 7. The minimum Gasteiger partial charge on any atom is -0.287 e. The van der Waals surface area contributed by atoms with Crippen LogP contribution in [0.1, 0.15) is 10.4 Å². The maximum absolute atomic E-state index is 12.6. The van der Waals surface area contributed by atoms with Crippen LogP contribution in [-0.2, 0) is 0 Å². The Kier molecular flexibility index (Phi) is 3.42. The van der Waals surface area contributed by atoms with Crippen LogP contribution in [0.3, 0.4) is 0 Å². The van der Waals surface area contributed by atoms with Crippen LogP contribution in [0, 0.1) is 5.82 Å². The number of alkyl halides is 5. The molecule has 1 rings (SSSR count). The van der Waals surface area contributed by atoms with Crippen LogP contribution in [-0.4, -0.2) is 17.9 Å². The molecular weight excluding hydrogens is 274 g/mol. The monoisotopic (exact) mass is 276 g/mol. The normalized spacial score (nSPS) is 12.6. The first-order valence-corrected chi connectivity index (χ1v) is 4.39. The second kappa shape index (κ2) is 4.21. The quantitative estimate of drug-likeness (QED) is 0.592. The average Bonchev–Trinajstić information content (AvgIpc) is 2.19. The van der Waals surface area contributed by atoms with Gasteiger partial charge in [0.2, 0.25) is 5.78 Å². The molecule has 0 bridgehead atoms. The first kappa shape index (κ1) is 13.8. The zero-order valence-electron chi connectivity index (χ0n) is 7.79. The average molecular weight is 277 g/mol. The Labute approximate surface area is 96.0 Å². The first-order chi connectivity index (χ1) is 7.57. The molecule has 0 amide bonds. The molecule has 0 saturated carbocycles. The molecule has 1 aromatic rings. The molecule has 0 radical (unpaired) electrons. The van der Waals surface area contributed by atoms with Crippen molar-refractivity contribution in [2.45, 2.75) is 12.1 Å². The first-order valence-electron chi connectivity index (χ1n) is 4.02. The third kappa shape index (κ3) is 2.54. The van der Waals surface area contributed by atoms with Crippen molar-refractivity contribution in [2.75, 3.05) is 0 Å². The van der Waals surface area contributed by atoms with E-state index in [1.54, 1.807) is 0 Å². The summed E-state index contributed by atoms with van der Waals surface area (Å²) >= 11 is 5.17. The number of carbonyl (C=O) groups is 1. The van der Waals surface area contributed by atoms with Crippen molar-refractivity contribution >= 4 is 17.4 Å². The van der Waals surface area contributed by atoms with Crippen molar-refractivity contribution in [3.8, 4) is 0 Å². The predicted molar refractivity (Wildman–Crippen MR) is 46.7 cm³/mol. The molecular formula is C9H3ClF6O. The zero-order valence-corrected chi connectivity index (χ0v) is 8.54. The molecule has 0 aromatic heterocycles. The highest BCUT2D eigenvalue weighted by Gasteiger charge is 2.63. The van der Waals surface area contributed by atoms with Crippen LogP contribution < -0.4 is 0 Å². The van der Waals surface area contributed by atoms with E-state index in [9.17, 15) is 31.1 Å². The molecule has 0 aliphatic rings. The second-order valence-electron chi connectivity index (χ2n) is 3.03. The summed E-state index contributed by atoms with van der Waals surface area (Å²) < 4.78 is 73.5. The third-order valence-electron chi connectivity index (χ3n) is 1.82. The van der Waals surface area contributed by atoms with Crippen LogP contribution >= 0.6 is 11.6 Å². The molecule has 0 aliphatic heterocycles. The summed E-state index contributed by atoms with van der Waals surface area (Å²) in [5, 5.41) is -0.714. The Morgan fingerprint density at radius 1 is 1.12 bits per heavy atom. The number of Topliss-reactive ketones (excluding diaryl/α,β-unsaturated/α-hetero) is 1. The smallest absolute Gasteiger partial charge is 0.287 e. The lowest BCUT2D eigenvalue weighted by molar-refractivity contribution is -0.255. The zero-order chi connectivity index (χ0) is 13.4. The molecule has 0 atom stereocenters. The van der Waals surface area contributed by atoms with E-state index in [4.69, 9.17) is 11.6 Å². The Morgan fingerprint density at radius 3 is 2.06 bits per heavy atom. The van der Waals surface area contributed by atoms with Crippen LogP contribution in [0.2, 0.25) is 5.02 Å². The largest absolute Gasteiger partial charge is 0.461 e. The molecule has 94 valence electrons. The van der Waals surface area contributed by atoms with E-state index in [0.29, 0.717) is 18.2 Å². The lowest BCUT2D eigenvalue weighted by Gasteiger charge is -2.18. The fourth-order valence-electron chi connectivity index (χ4n) is 0.947. The Bertz CT molecular complexity index is 453. The highest BCUT2D eigenvalue weighted by molar-refractivity contribution is 6.31. The van der Waals surface area contributed by atoms with Gasteiger partial charge in [0, 0.05) is 5.56 Å². The van der Waals surface area contributed by atoms with Crippen LogP contribution in [0.25, 0.3) is 0 Å². The van der Waals surface area contributed by atoms with Gasteiger partial charge < -0.3 is 0 Å². The third-order valence-corrected chi connectivity index (χ3v) is 2.11. The van der Waals surface area contributed by atoms with Crippen molar-refractivity contribution in [1.29, 1.82) is 0 Å². The number of hydrogen-bond acceptors (Lipinski definition) is 1. The van der Waals surface area contributed by atoms with Gasteiger partial charge in [0.1, 0.15) is 5.82 Å². The van der Waals surface area contributed by atoms with Crippen molar-refractivity contribution in [2.24, 2.45) is 0 Å². The van der Waals surface area contributed by atoms with Gasteiger partial charge in [-0.05, 0) is 18.2 Å². The van der Waals surface area contributed by atoms with Gasteiger partial charge in [-0.15, -0.1) is 0 Å². The molecule has 0 N–H and O–H groups in total. The Hall–Kier alpha value is -1.24. The Balaban J connectivity index is 3.17. The molecule has 0 heterocycles. The predicted octanol–water partition coefficient (Wildman–Crippen LogP) is 3.86. The summed E-state index contributed by atoms with van der Waals surface area (Å²) in [5.74, 6) is -9.04. The standard InChI is InChI=1S/C9H3ClF6O/c10-5-3-4(1-2-6(5)11)7(17)8(12,13)9(14,15)16/h1-3H. The molecule has 0 fully saturated rings. The van der Waals surface area contributed by atoms with Crippen molar-refractivity contribution in [1.82, 2.24) is 0 Å². The lowest BCUT2D eigenvalue weighted by Crippen LogP contribution is -2.44. The van der Waals surface area contributed by atoms with Gasteiger partial charge in [-0.2, -0.15) is 22.0 Å². The topological polar surface area (TPSA) is 17.1 Å². The minimum atomic E-state index is -6.01. The molecule has 0 saturated heterocycles. The van der Waals surface area contributed by atoms with Crippen LogP contribution in [0.5, 0.6) is 0 Å². The molecule has 1 nitrogen and oxygen atoms in total. The summed E-state index contributed by atoms with van der Waals surface area (Å²) in [4.78, 5) is 10.9. The van der Waals surface area contributed by atoms with E-state index in [0.717, 1.165) is 0 Å². The van der Waals surface area contributed by atoms with Crippen molar-refractivity contribution in [3.63, 3.8) is 0 Å². The highest BCUT2D eigenvalue weighted by Crippen LogP contribution is 2.38. The molecule has 17 heavy (non-hydrogen) atoms. The van der Waals surface area contributed by atoms with Gasteiger partial charge in [-0.1, -0.05) is 11.6 Å². The van der Waals surface area contributed by atoms with E-state index in [1.165, 1.54) is 0 Å². The van der Waals surface area contributed by atoms with Gasteiger partial charge >= 0.3 is 12.1 Å². The highest BCUT2D eigenvalue weighted by atomic mass is 35.5. The molecule has 0 unspecified atom stereocenters. The van der Waals surface area contributed by atoms with Crippen LogP contribution in [0.15, 0.2) is 18.2 Å². The number of hydrogen-bond donors (Lipinski definition) is 0. The van der Waals surface area contributed by atoms with Gasteiger partial charge in [0.25, 0.3) is 0 Å². The van der Waals surface area contributed by atoms with Crippen molar-refractivity contribution < 1.29 is 31.1 Å². The molecule has 8 heteroatoms. The van der Waals surface area contributed by atoms with E-state index in [1.807, 2.05) is 0 Å². The summed E-state index contributed by atoms with van der Waals surface area (Å²) in [6.45, 7) is 0. The van der Waals surface area contributed by atoms with Gasteiger partial charge in [-0.25, -0.2) is 4.39 Å². The maximum atomic E-state index is 12.6. The van der Waals surface area contributed by atoms with Crippen LogP contribution in [0.4, 0.5) is 26.3 Å². The summed E-state index contributed by atoms with van der Waals surface area (Å²) in [5.41, 5.74) is -1.02. The van der Waals surface area contributed by atoms with E-state index >= 15 is 0 Å². The summed E-state index contributed by atoms with van der Waals surface area (Å²) in [7, 11) is 0. The number of ketones is 1. The second-order valence-corrected chi connectivity index (χ2v) is 3.44. The maximum Gasteiger partial charge on any atom is 0.461 e. The number of benzene rings is 1. The fourth-order valence-corrected chi connectivity index (χ4v) is 1.13.